The van der Waals surface area contributed by atoms with Gasteiger partial charge in [-0.15, -0.1) is 0 Å². The van der Waals surface area contributed by atoms with Crippen LogP contribution in [0.25, 0.3) is 0 Å². The van der Waals surface area contributed by atoms with E-state index in [0.29, 0.717) is 0 Å². The van der Waals surface area contributed by atoms with Crippen LogP contribution >= 0.6 is 0 Å². The second-order valence-electron chi connectivity index (χ2n) is 4.83. The zero-order valence-corrected chi connectivity index (χ0v) is 8.39. The van der Waals surface area contributed by atoms with Crippen molar-refractivity contribution in [1.82, 2.24) is 10.6 Å². The molecule has 2 unspecified atom stereocenters. The van der Waals surface area contributed by atoms with Crippen LogP contribution in [0, 0.1) is 11.8 Å². The Balaban J connectivity index is 2.01. The van der Waals surface area contributed by atoms with E-state index < -0.39 is 0 Å². The molecule has 1 aliphatic heterocycles. The van der Waals surface area contributed by atoms with Crippen molar-refractivity contribution in [2.75, 3.05) is 6.54 Å². The van der Waals surface area contributed by atoms with Crippen molar-refractivity contribution >= 4 is 6.03 Å². The highest BCUT2D eigenvalue weighted by molar-refractivity contribution is 5.77. The third kappa shape index (κ3) is 1.52. The van der Waals surface area contributed by atoms with E-state index in [1.807, 2.05) is 0 Å². The van der Waals surface area contributed by atoms with Crippen molar-refractivity contribution in [3.05, 3.63) is 0 Å². The molecule has 2 atom stereocenters. The van der Waals surface area contributed by atoms with E-state index >= 15 is 0 Å². The molecule has 1 saturated heterocycles. The number of carbonyl (C=O) groups excluding carboxylic acids is 1. The summed E-state index contributed by atoms with van der Waals surface area (Å²) >= 11 is 0. The maximum Gasteiger partial charge on any atom is 0.315 e. The maximum atomic E-state index is 11.1. The molecule has 1 saturated carbocycles. The molecule has 0 bridgehead atoms. The summed E-state index contributed by atoms with van der Waals surface area (Å²) < 4.78 is 0. The van der Waals surface area contributed by atoms with Crippen LogP contribution in [0.1, 0.15) is 33.1 Å². The van der Waals surface area contributed by atoms with Gasteiger partial charge in [0.25, 0.3) is 0 Å². The molecule has 0 aromatic carbocycles. The number of nitrogens with one attached hydrogen (secondary N) is 2. The topological polar surface area (TPSA) is 41.1 Å². The highest BCUT2D eigenvalue weighted by atomic mass is 16.2. The molecule has 0 aromatic rings. The first kappa shape index (κ1) is 8.85. The lowest BCUT2D eigenvalue weighted by Gasteiger charge is -2.22. The number of amides is 2. The predicted molar refractivity (Wildman–Crippen MR) is 51.4 cm³/mol. The summed E-state index contributed by atoms with van der Waals surface area (Å²) in [4.78, 5) is 11.1. The van der Waals surface area contributed by atoms with E-state index in [9.17, 15) is 4.79 Å². The highest BCUT2D eigenvalue weighted by Gasteiger charge is 2.44. The van der Waals surface area contributed by atoms with E-state index in [4.69, 9.17) is 0 Å². The molecular formula is C10H18N2O. The fourth-order valence-corrected chi connectivity index (χ4v) is 2.59. The van der Waals surface area contributed by atoms with Gasteiger partial charge in [0, 0.05) is 6.54 Å². The summed E-state index contributed by atoms with van der Waals surface area (Å²) in [5, 5.41) is 5.93. The molecule has 2 rings (SSSR count). The first-order valence-corrected chi connectivity index (χ1v) is 5.17. The van der Waals surface area contributed by atoms with Crippen LogP contribution in [0.4, 0.5) is 4.79 Å². The molecule has 74 valence electrons. The summed E-state index contributed by atoms with van der Waals surface area (Å²) in [5.74, 6) is 1.54. The summed E-state index contributed by atoms with van der Waals surface area (Å²) in [6, 6.07) is 0.0180. The van der Waals surface area contributed by atoms with Crippen LogP contribution in [0.15, 0.2) is 0 Å². The lowest BCUT2D eigenvalue weighted by atomic mass is 9.91. The average molecular weight is 182 g/mol. The largest absolute Gasteiger partial charge is 0.336 e. The first-order valence-electron chi connectivity index (χ1n) is 5.17. The Morgan fingerprint density at radius 3 is 2.77 bits per heavy atom. The van der Waals surface area contributed by atoms with Gasteiger partial charge in [-0.1, -0.05) is 13.8 Å². The Labute approximate surface area is 79.3 Å². The maximum absolute atomic E-state index is 11.1. The third-order valence-electron chi connectivity index (χ3n) is 3.56. The van der Waals surface area contributed by atoms with E-state index in [1.165, 1.54) is 6.42 Å². The van der Waals surface area contributed by atoms with Crippen LogP contribution in [0.5, 0.6) is 0 Å². The van der Waals surface area contributed by atoms with E-state index in [-0.39, 0.29) is 11.6 Å². The predicted octanol–water partition coefficient (Wildman–Crippen LogP) is 1.49. The number of hydrogen-bond donors (Lipinski definition) is 2. The molecular weight excluding hydrogens is 164 g/mol. The number of urea groups is 1. The number of rotatable bonds is 1. The SMILES string of the molecule is CC(C)C1CCC2(CNC(=O)N2)C1. The van der Waals surface area contributed by atoms with Crippen LogP contribution < -0.4 is 10.6 Å². The van der Waals surface area contributed by atoms with E-state index in [2.05, 4.69) is 24.5 Å². The Morgan fingerprint density at radius 2 is 2.31 bits per heavy atom. The third-order valence-corrected chi connectivity index (χ3v) is 3.56. The van der Waals surface area contributed by atoms with Crippen LogP contribution in [0.2, 0.25) is 0 Å². The van der Waals surface area contributed by atoms with Crippen molar-refractivity contribution < 1.29 is 4.79 Å². The fourth-order valence-electron chi connectivity index (χ4n) is 2.59. The lowest BCUT2D eigenvalue weighted by Crippen LogP contribution is -2.41. The van der Waals surface area contributed by atoms with E-state index in [0.717, 1.165) is 31.2 Å². The van der Waals surface area contributed by atoms with Gasteiger partial charge in [0.05, 0.1) is 5.54 Å². The summed E-state index contributed by atoms with van der Waals surface area (Å²) in [7, 11) is 0. The smallest absolute Gasteiger partial charge is 0.315 e. The molecule has 2 N–H and O–H groups in total. The van der Waals surface area contributed by atoms with E-state index in [1.54, 1.807) is 0 Å². The quantitative estimate of drug-likeness (QED) is 0.634. The molecule has 1 heterocycles. The molecule has 2 fully saturated rings. The molecule has 1 aliphatic carbocycles. The minimum absolute atomic E-state index is 0.0180. The first-order chi connectivity index (χ1) is 6.11. The Hall–Kier alpha value is -0.730. The second-order valence-corrected chi connectivity index (χ2v) is 4.83. The Bertz CT molecular complexity index is 227. The standard InChI is InChI=1S/C10H18N2O/c1-7(2)8-3-4-10(5-8)6-11-9(13)12-10/h7-8H,3-6H2,1-2H3,(H2,11,12,13). The molecule has 0 radical (unpaired) electrons. The average Bonchev–Trinajstić information content (AvgIpc) is 2.61. The molecule has 3 heteroatoms. The second kappa shape index (κ2) is 2.89. The van der Waals surface area contributed by atoms with Crippen LogP contribution in [-0.2, 0) is 0 Å². The van der Waals surface area contributed by atoms with Gasteiger partial charge in [0.1, 0.15) is 0 Å². The lowest BCUT2D eigenvalue weighted by molar-refractivity contribution is 0.243. The van der Waals surface area contributed by atoms with Gasteiger partial charge in [-0.25, -0.2) is 4.79 Å². The zero-order chi connectivity index (χ0) is 9.47. The van der Waals surface area contributed by atoms with Gasteiger partial charge in [-0.05, 0) is 31.1 Å². The van der Waals surface area contributed by atoms with Crippen molar-refractivity contribution in [3.63, 3.8) is 0 Å². The van der Waals surface area contributed by atoms with Gasteiger partial charge in [-0.2, -0.15) is 0 Å². The normalized spacial score (nSPS) is 38.4. The number of hydrogen-bond acceptors (Lipinski definition) is 1. The molecule has 13 heavy (non-hydrogen) atoms. The van der Waals surface area contributed by atoms with Gasteiger partial charge in [-0.3, -0.25) is 0 Å². The zero-order valence-electron chi connectivity index (χ0n) is 8.39. The molecule has 2 aliphatic rings. The Morgan fingerprint density at radius 1 is 1.54 bits per heavy atom. The number of carbonyl (C=O) groups is 1. The Kier molecular flexibility index (Phi) is 1.97. The minimum Gasteiger partial charge on any atom is -0.336 e. The van der Waals surface area contributed by atoms with Gasteiger partial charge >= 0.3 is 6.03 Å². The van der Waals surface area contributed by atoms with Gasteiger partial charge in [0.2, 0.25) is 0 Å². The monoisotopic (exact) mass is 182 g/mol. The van der Waals surface area contributed by atoms with Crippen molar-refractivity contribution in [2.24, 2.45) is 11.8 Å². The van der Waals surface area contributed by atoms with Crippen LogP contribution in [-0.4, -0.2) is 18.1 Å². The molecule has 0 aromatic heterocycles. The summed E-state index contributed by atoms with van der Waals surface area (Å²) in [6.07, 6.45) is 3.57. The highest BCUT2D eigenvalue weighted by Crippen LogP contribution is 2.39. The van der Waals surface area contributed by atoms with Crippen molar-refractivity contribution in [3.8, 4) is 0 Å². The van der Waals surface area contributed by atoms with Crippen molar-refractivity contribution in [2.45, 2.75) is 38.6 Å². The minimum atomic E-state index is 0.0180. The van der Waals surface area contributed by atoms with Crippen molar-refractivity contribution in [1.29, 1.82) is 0 Å². The van der Waals surface area contributed by atoms with Gasteiger partial charge in [0.15, 0.2) is 0 Å². The molecule has 3 nitrogen and oxygen atoms in total. The summed E-state index contributed by atoms with van der Waals surface area (Å²) in [5.41, 5.74) is 0.103. The van der Waals surface area contributed by atoms with Gasteiger partial charge < -0.3 is 10.6 Å². The molecule has 2 amide bonds. The summed E-state index contributed by atoms with van der Waals surface area (Å²) in [6.45, 7) is 5.37. The molecule has 1 spiro atoms. The van der Waals surface area contributed by atoms with Crippen LogP contribution in [0.3, 0.4) is 0 Å². The fraction of sp³-hybridized carbons (Fsp3) is 0.900.